The number of aryl methyl sites for hydroxylation is 1. The maximum Gasteiger partial charge on any atom is 0.263 e. The lowest BCUT2D eigenvalue weighted by molar-refractivity contribution is 0.0958. The van der Waals surface area contributed by atoms with Crippen LogP contribution < -0.4 is 10.6 Å². The molecule has 0 aliphatic rings. The van der Waals surface area contributed by atoms with Gasteiger partial charge in [-0.15, -0.1) is 21.5 Å². The minimum absolute atomic E-state index is 0.105. The molecule has 0 aliphatic heterocycles. The van der Waals surface area contributed by atoms with Gasteiger partial charge in [0.25, 0.3) is 5.91 Å². The summed E-state index contributed by atoms with van der Waals surface area (Å²) in [5, 5.41) is 18.2. The predicted octanol–water partition coefficient (Wildman–Crippen LogP) is 1.27. The lowest BCUT2D eigenvalue weighted by Gasteiger charge is -2.07. The summed E-state index contributed by atoms with van der Waals surface area (Å²) in [5.41, 5.74) is 2.42. The number of nitrogens with zero attached hydrogens (tertiary/aromatic N) is 5. The van der Waals surface area contributed by atoms with Crippen LogP contribution in [0.25, 0.3) is 5.82 Å². The number of hydrogen-bond acceptors (Lipinski definition) is 7. The molecule has 0 spiro atoms. The van der Waals surface area contributed by atoms with Crippen molar-refractivity contribution in [1.29, 1.82) is 0 Å². The topological polar surface area (TPSA) is 97.6 Å². The first-order chi connectivity index (χ1) is 11.2. The number of aromatic nitrogens is 5. The van der Waals surface area contributed by atoms with E-state index in [9.17, 15) is 4.79 Å². The van der Waals surface area contributed by atoms with Gasteiger partial charge in [-0.25, -0.2) is 9.67 Å². The molecular weight excluding hydrogens is 314 g/mol. The van der Waals surface area contributed by atoms with Crippen LogP contribution in [0.1, 0.15) is 15.4 Å². The normalized spacial score (nSPS) is 10.5. The summed E-state index contributed by atoms with van der Waals surface area (Å²) in [7, 11) is 0. The molecule has 118 valence electrons. The van der Waals surface area contributed by atoms with E-state index in [1.165, 1.54) is 11.3 Å². The molecule has 0 saturated heterocycles. The van der Waals surface area contributed by atoms with E-state index in [0.29, 0.717) is 29.6 Å². The number of carbonyl (C=O) groups is 1. The van der Waals surface area contributed by atoms with E-state index in [1.807, 2.05) is 25.1 Å². The molecule has 1 amide bonds. The van der Waals surface area contributed by atoms with Gasteiger partial charge >= 0.3 is 0 Å². The fraction of sp³-hybridized carbons (Fsp3) is 0.214. The Morgan fingerprint density at radius 2 is 2.22 bits per heavy atom. The van der Waals surface area contributed by atoms with Gasteiger partial charge in [0.15, 0.2) is 5.82 Å². The third-order valence-corrected chi connectivity index (χ3v) is 3.99. The van der Waals surface area contributed by atoms with Crippen LogP contribution >= 0.6 is 11.3 Å². The number of amides is 1. The second-order valence-corrected chi connectivity index (χ2v) is 5.53. The molecule has 0 fully saturated rings. The molecule has 3 rings (SSSR count). The summed E-state index contributed by atoms with van der Waals surface area (Å²) in [5.74, 6) is 1.19. The van der Waals surface area contributed by atoms with Crippen LogP contribution in [-0.2, 0) is 0 Å². The molecule has 23 heavy (non-hydrogen) atoms. The summed E-state index contributed by atoms with van der Waals surface area (Å²) in [4.78, 5) is 16.6. The maximum absolute atomic E-state index is 11.9. The molecular formula is C14H15N7OS. The van der Waals surface area contributed by atoms with Gasteiger partial charge in [-0.05, 0) is 25.1 Å². The van der Waals surface area contributed by atoms with Crippen molar-refractivity contribution in [1.82, 2.24) is 30.3 Å². The van der Waals surface area contributed by atoms with Gasteiger partial charge in [-0.2, -0.15) is 5.10 Å². The smallest absolute Gasteiger partial charge is 0.263 e. The molecule has 0 saturated carbocycles. The quantitative estimate of drug-likeness (QED) is 0.661. The van der Waals surface area contributed by atoms with Crippen LogP contribution in [0.5, 0.6) is 0 Å². The van der Waals surface area contributed by atoms with E-state index in [-0.39, 0.29) is 5.91 Å². The molecule has 0 aromatic carbocycles. The van der Waals surface area contributed by atoms with Crippen LogP contribution in [0.15, 0.2) is 36.1 Å². The van der Waals surface area contributed by atoms with Gasteiger partial charge in [0.05, 0.1) is 11.2 Å². The molecule has 0 bridgehead atoms. The number of anilines is 1. The lowest BCUT2D eigenvalue weighted by Crippen LogP contribution is -2.28. The molecule has 0 radical (unpaired) electrons. The zero-order valence-corrected chi connectivity index (χ0v) is 13.2. The number of thiazole rings is 1. The molecule has 9 heteroatoms. The van der Waals surface area contributed by atoms with Gasteiger partial charge in [0.2, 0.25) is 0 Å². The van der Waals surface area contributed by atoms with Gasteiger partial charge in [0.1, 0.15) is 10.7 Å². The average Bonchev–Trinajstić information content (AvgIpc) is 3.23. The van der Waals surface area contributed by atoms with E-state index in [2.05, 4.69) is 30.9 Å². The highest BCUT2D eigenvalue weighted by Crippen LogP contribution is 2.11. The summed E-state index contributed by atoms with van der Waals surface area (Å²) >= 11 is 1.34. The minimum atomic E-state index is -0.105. The fourth-order valence-corrected chi connectivity index (χ4v) is 2.63. The van der Waals surface area contributed by atoms with Crippen molar-refractivity contribution in [2.24, 2.45) is 0 Å². The fourth-order valence-electron chi connectivity index (χ4n) is 1.91. The molecule has 0 unspecified atom stereocenters. The third kappa shape index (κ3) is 3.69. The van der Waals surface area contributed by atoms with E-state index in [4.69, 9.17) is 0 Å². The van der Waals surface area contributed by atoms with E-state index >= 15 is 0 Å². The monoisotopic (exact) mass is 329 g/mol. The van der Waals surface area contributed by atoms with Crippen LogP contribution in [-0.4, -0.2) is 44.0 Å². The van der Waals surface area contributed by atoms with Gasteiger partial charge in [-0.1, -0.05) is 0 Å². The van der Waals surface area contributed by atoms with Crippen molar-refractivity contribution in [3.8, 4) is 5.82 Å². The Hall–Kier alpha value is -2.81. The first-order valence-corrected chi connectivity index (χ1v) is 7.88. The summed E-state index contributed by atoms with van der Waals surface area (Å²) in [6, 6.07) is 5.46. The van der Waals surface area contributed by atoms with Crippen molar-refractivity contribution in [3.05, 3.63) is 46.7 Å². The highest BCUT2D eigenvalue weighted by Gasteiger charge is 2.10. The first-order valence-electron chi connectivity index (χ1n) is 7.00. The average molecular weight is 329 g/mol. The molecule has 0 atom stereocenters. The number of nitrogens with one attached hydrogen (secondary N) is 2. The van der Waals surface area contributed by atoms with Gasteiger partial charge in [-0.3, -0.25) is 4.79 Å². The summed E-state index contributed by atoms with van der Waals surface area (Å²) < 4.78 is 1.63. The second kappa shape index (κ2) is 6.97. The van der Waals surface area contributed by atoms with Gasteiger partial charge in [0, 0.05) is 25.5 Å². The summed E-state index contributed by atoms with van der Waals surface area (Å²) in [6.07, 6.45) is 3.48. The highest BCUT2D eigenvalue weighted by atomic mass is 32.1. The van der Waals surface area contributed by atoms with Crippen LogP contribution in [0, 0.1) is 6.92 Å². The molecule has 8 nitrogen and oxygen atoms in total. The highest BCUT2D eigenvalue weighted by molar-refractivity contribution is 7.11. The second-order valence-electron chi connectivity index (χ2n) is 4.68. The maximum atomic E-state index is 11.9. The Kier molecular flexibility index (Phi) is 4.57. The molecule has 3 aromatic rings. The van der Waals surface area contributed by atoms with Crippen molar-refractivity contribution >= 4 is 23.1 Å². The van der Waals surface area contributed by atoms with E-state index < -0.39 is 0 Å². The van der Waals surface area contributed by atoms with Crippen molar-refractivity contribution in [3.63, 3.8) is 0 Å². The molecule has 3 aromatic heterocycles. The standard InChI is InChI=1S/C14H15N7OS/c1-10-13(23-9-17-10)14(22)16-7-6-15-11-3-4-12(20-19-11)21-8-2-5-18-21/h2-5,8-9H,6-7H2,1H3,(H,15,19)(H,16,22). The predicted molar refractivity (Wildman–Crippen MR) is 86.8 cm³/mol. The zero-order valence-electron chi connectivity index (χ0n) is 12.4. The number of rotatable bonds is 6. The number of carbonyl (C=O) groups excluding carboxylic acids is 1. The number of hydrogen-bond donors (Lipinski definition) is 2. The Labute approximate surface area is 136 Å². The Balaban J connectivity index is 1.46. The molecule has 2 N–H and O–H groups in total. The molecule has 3 heterocycles. The largest absolute Gasteiger partial charge is 0.367 e. The Morgan fingerprint density at radius 1 is 1.30 bits per heavy atom. The van der Waals surface area contributed by atoms with Crippen LogP contribution in [0.4, 0.5) is 5.82 Å². The van der Waals surface area contributed by atoms with E-state index in [0.717, 1.165) is 5.69 Å². The zero-order chi connectivity index (χ0) is 16.1. The van der Waals surface area contributed by atoms with Crippen molar-refractivity contribution < 1.29 is 4.79 Å². The van der Waals surface area contributed by atoms with Crippen molar-refractivity contribution in [2.45, 2.75) is 6.92 Å². The first kappa shape index (κ1) is 15.1. The van der Waals surface area contributed by atoms with Crippen LogP contribution in [0.2, 0.25) is 0 Å². The van der Waals surface area contributed by atoms with Gasteiger partial charge < -0.3 is 10.6 Å². The van der Waals surface area contributed by atoms with Crippen molar-refractivity contribution in [2.75, 3.05) is 18.4 Å². The Bertz CT molecular complexity index is 767. The minimum Gasteiger partial charge on any atom is -0.367 e. The Morgan fingerprint density at radius 3 is 2.87 bits per heavy atom. The summed E-state index contributed by atoms with van der Waals surface area (Å²) in [6.45, 7) is 2.86. The van der Waals surface area contributed by atoms with E-state index in [1.54, 1.807) is 22.6 Å². The van der Waals surface area contributed by atoms with Crippen LogP contribution in [0.3, 0.4) is 0 Å². The SMILES string of the molecule is Cc1ncsc1C(=O)NCCNc1ccc(-n2cccn2)nn1. The lowest BCUT2D eigenvalue weighted by atomic mass is 10.4. The third-order valence-electron chi connectivity index (χ3n) is 3.06. The molecule has 0 aliphatic carbocycles.